The Labute approximate surface area is 173 Å². The first-order valence-electron chi connectivity index (χ1n) is 8.70. The summed E-state index contributed by atoms with van der Waals surface area (Å²) in [5.41, 5.74) is 1.60. The standard InChI is InChI=1S/C19H15N5O5S/c1-28-16-5-3-2-4-14(16)15-11-30-19-21-18(22-23(15)19)20-17(25)10-29-13-8-6-12(7-9-13)24(26)27/h2-9,11H,10H2,1H3,(H,20,22,25). The van der Waals surface area contributed by atoms with Crippen molar-refractivity contribution >= 4 is 33.8 Å². The lowest BCUT2D eigenvalue weighted by atomic mass is 10.1. The van der Waals surface area contributed by atoms with Gasteiger partial charge in [-0.2, -0.15) is 4.98 Å². The van der Waals surface area contributed by atoms with E-state index < -0.39 is 10.8 Å². The molecule has 152 valence electrons. The molecule has 0 aliphatic heterocycles. The number of nitrogens with zero attached hydrogens (tertiary/aromatic N) is 4. The van der Waals surface area contributed by atoms with E-state index in [4.69, 9.17) is 9.47 Å². The van der Waals surface area contributed by atoms with Crippen molar-refractivity contribution < 1.29 is 19.2 Å². The molecule has 2 aromatic heterocycles. The van der Waals surface area contributed by atoms with Crippen LogP contribution in [0.25, 0.3) is 16.2 Å². The minimum atomic E-state index is -0.508. The summed E-state index contributed by atoms with van der Waals surface area (Å²) in [6, 6.07) is 13.0. The normalized spacial score (nSPS) is 10.7. The van der Waals surface area contributed by atoms with Crippen LogP contribution in [0.15, 0.2) is 53.9 Å². The Morgan fingerprint density at radius 3 is 2.73 bits per heavy atom. The molecule has 2 aromatic carbocycles. The van der Waals surface area contributed by atoms with Crippen molar-refractivity contribution in [2.75, 3.05) is 19.0 Å². The van der Waals surface area contributed by atoms with Crippen molar-refractivity contribution in [1.82, 2.24) is 14.6 Å². The Morgan fingerprint density at radius 1 is 1.23 bits per heavy atom. The van der Waals surface area contributed by atoms with Gasteiger partial charge in [-0.15, -0.1) is 16.4 Å². The number of para-hydroxylation sites is 1. The van der Waals surface area contributed by atoms with Crippen molar-refractivity contribution in [3.63, 3.8) is 0 Å². The van der Waals surface area contributed by atoms with E-state index in [1.807, 2.05) is 29.6 Å². The van der Waals surface area contributed by atoms with Gasteiger partial charge in [0.2, 0.25) is 4.96 Å². The molecule has 0 aliphatic rings. The zero-order valence-electron chi connectivity index (χ0n) is 15.6. The number of amides is 1. The van der Waals surface area contributed by atoms with Crippen LogP contribution in [0.4, 0.5) is 11.6 Å². The lowest BCUT2D eigenvalue weighted by Gasteiger charge is -2.06. The lowest BCUT2D eigenvalue weighted by molar-refractivity contribution is -0.384. The second-order valence-corrected chi connectivity index (χ2v) is 6.88. The van der Waals surface area contributed by atoms with E-state index in [1.165, 1.54) is 35.6 Å². The molecule has 4 aromatic rings. The summed E-state index contributed by atoms with van der Waals surface area (Å²) >= 11 is 1.39. The number of non-ortho nitro benzene ring substituents is 1. The Balaban J connectivity index is 1.45. The van der Waals surface area contributed by atoms with Gasteiger partial charge >= 0.3 is 0 Å². The first-order chi connectivity index (χ1) is 14.5. The van der Waals surface area contributed by atoms with Gasteiger partial charge in [0.05, 0.1) is 17.7 Å². The smallest absolute Gasteiger partial charge is 0.269 e. The molecule has 0 unspecified atom stereocenters. The number of nitrogens with one attached hydrogen (secondary N) is 1. The van der Waals surface area contributed by atoms with Gasteiger partial charge in [0.25, 0.3) is 17.5 Å². The van der Waals surface area contributed by atoms with Crippen LogP contribution < -0.4 is 14.8 Å². The molecular weight excluding hydrogens is 410 g/mol. The molecule has 2 heterocycles. The number of fused-ring (bicyclic) bond motifs is 1. The number of rotatable bonds is 7. The third-order valence-corrected chi connectivity index (χ3v) is 4.95. The summed E-state index contributed by atoms with van der Waals surface area (Å²) < 4.78 is 12.4. The van der Waals surface area contributed by atoms with E-state index in [9.17, 15) is 14.9 Å². The van der Waals surface area contributed by atoms with Gasteiger partial charge in [-0.05, 0) is 24.3 Å². The molecule has 1 N–H and O–H groups in total. The van der Waals surface area contributed by atoms with Crippen LogP contribution >= 0.6 is 11.3 Å². The molecule has 0 saturated carbocycles. The minimum Gasteiger partial charge on any atom is -0.496 e. The summed E-state index contributed by atoms with van der Waals surface area (Å²) in [4.78, 5) is 27.2. The van der Waals surface area contributed by atoms with E-state index in [0.29, 0.717) is 16.5 Å². The summed E-state index contributed by atoms with van der Waals surface area (Å²) in [7, 11) is 1.60. The van der Waals surface area contributed by atoms with Gasteiger partial charge in [-0.3, -0.25) is 20.2 Å². The van der Waals surface area contributed by atoms with Crippen LogP contribution in [0.5, 0.6) is 11.5 Å². The number of ether oxygens (including phenoxy) is 2. The average Bonchev–Trinajstić information content (AvgIpc) is 3.32. The monoisotopic (exact) mass is 425 g/mol. The van der Waals surface area contributed by atoms with Gasteiger partial charge in [-0.25, -0.2) is 4.52 Å². The quantitative estimate of drug-likeness (QED) is 0.356. The van der Waals surface area contributed by atoms with E-state index in [0.717, 1.165) is 11.3 Å². The predicted molar refractivity (Wildman–Crippen MR) is 110 cm³/mol. The largest absolute Gasteiger partial charge is 0.496 e. The molecule has 0 atom stereocenters. The van der Waals surface area contributed by atoms with Crippen molar-refractivity contribution in [3.8, 4) is 22.8 Å². The molecule has 4 rings (SSSR count). The Bertz CT molecular complexity index is 1220. The fourth-order valence-electron chi connectivity index (χ4n) is 2.75. The Hall–Kier alpha value is -3.99. The number of carbonyl (C=O) groups is 1. The molecule has 0 aliphatic carbocycles. The van der Waals surface area contributed by atoms with E-state index >= 15 is 0 Å². The van der Waals surface area contributed by atoms with Crippen LogP contribution in [0.1, 0.15) is 0 Å². The van der Waals surface area contributed by atoms with Gasteiger partial charge < -0.3 is 9.47 Å². The molecule has 11 heteroatoms. The maximum atomic E-state index is 12.2. The summed E-state index contributed by atoms with van der Waals surface area (Å²) in [5, 5.41) is 19.5. The van der Waals surface area contributed by atoms with Crippen molar-refractivity contribution in [1.29, 1.82) is 0 Å². The van der Waals surface area contributed by atoms with Crippen molar-refractivity contribution in [2.45, 2.75) is 0 Å². The maximum Gasteiger partial charge on any atom is 0.269 e. The first kappa shape index (κ1) is 19.3. The number of nitro groups is 1. The highest BCUT2D eigenvalue weighted by molar-refractivity contribution is 7.15. The van der Waals surface area contributed by atoms with E-state index in [-0.39, 0.29) is 18.2 Å². The Kier molecular flexibility index (Phi) is 5.26. The van der Waals surface area contributed by atoms with Gasteiger partial charge in [-0.1, -0.05) is 12.1 Å². The molecule has 10 nitrogen and oxygen atoms in total. The maximum absolute atomic E-state index is 12.2. The molecule has 0 saturated heterocycles. The second-order valence-electron chi connectivity index (χ2n) is 6.04. The number of hydrogen-bond donors (Lipinski definition) is 1. The first-order valence-corrected chi connectivity index (χ1v) is 9.58. The van der Waals surface area contributed by atoms with Crippen LogP contribution in [-0.4, -0.2) is 39.1 Å². The Morgan fingerprint density at radius 2 is 2.00 bits per heavy atom. The second kappa shape index (κ2) is 8.17. The number of thiazole rings is 1. The number of nitro benzene ring substituents is 1. The minimum absolute atomic E-state index is 0.0556. The molecule has 0 fully saturated rings. The third kappa shape index (κ3) is 3.91. The highest BCUT2D eigenvalue weighted by atomic mass is 32.1. The fourth-order valence-corrected chi connectivity index (χ4v) is 3.57. The van der Waals surface area contributed by atoms with Gasteiger partial charge in [0.15, 0.2) is 6.61 Å². The average molecular weight is 425 g/mol. The van der Waals surface area contributed by atoms with Crippen LogP contribution in [0.2, 0.25) is 0 Å². The third-order valence-electron chi connectivity index (χ3n) is 4.13. The molecular formula is C19H15N5O5S. The molecule has 0 spiro atoms. The van der Waals surface area contributed by atoms with E-state index in [2.05, 4.69) is 15.4 Å². The highest BCUT2D eigenvalue weighted by Crippen LogP contribution is 2.32. The van der Waals surface area contributed by atoms with Gasteiger partial charge in [0, 0.05) is 23.1 Å². The summed E-state index contributed by atoms with van der Waals surface area (Å²) in [6.07, 6.45) is 0. The number of benzene rings is 2. The molecule has 1 amide bonds. The number of methoxy groups -OCH3 is 1. The molecule has 0 bridgehead atoms. The number of anilines is 1. The van der Waals surface area contributed by atoms with Crippen LogP contribution in [0.3, 0.4) is 0 Å². The van der Waals surface area contributed by atoms with Crippen molar-refractivity contribution in [2.24, 2.45) is 0 Å². The number of aromatic nitrogens is 3. The summed E-state index contributed by atoms with van der Waals surface area (Å²) in [6.45, 7) is -0.288. The lowest BCUT2D eigenvalue weighted by Crippen LogP contribution is -2.21. The topological polar surface area (TPSA) is 121 Å². The van der Waals surface area contributed by atoms with Crippen molar-refractivity contribution in [3.05, 3.63) is 64.0 Å². The van der Waals surface area contributed by atoms with E-state index in [1.54, 1.807) is 11.6 Å². The zero-order chi connectivity index (χ0) is 21.1. The molecule has 0 radical (unpaired) electrons. The fraction of sp³-hybridized carbons (Fsp3) is 0.105. The predicted octanol–water partition coefficient (Wildman–Crippen LogP) is 3.39. The SMILES string of the molecule is COc1ccccc1-c1csc2nc(NC(=O)COc3ccc([N+](=O)[O-])cc3)nn12. The van der Waals surface area contributed by atoms with Crippen LogP contribution in [0, 0.1) is 10.1 Å². The van der Waals surface area contributed by atoms with Gasteiger partial charge in [0.1, 0.15) is 11.5 Å². The number of hydrogen-bond acceptors (Lipinski definition) is 8. The van der Waals surface area contributed by atoms with Crippen LogP contribution in [-0.2, 0) is 4.79 Å². The number of carbonyl (C=O) groups excluding carboxylic acids is 1. The zero-order valence-corrected chi connectivity index (χ0v) is 16.5. The highest BCUT2D eigenvalue weighted by Gasteiger charge is 2.16. The summed E-state index contributed by atoms with van der Waals surface area (Å²) in [5.74, 6) is 0.739. The molecule has 30 heavy (non-hydrogen) atoms.